The van der Waals surface area contributed by atoms with E-state index in [-0.39, 0.29) is 0 Å². The first-order chi connectivity index (χ1) is 8.52. The van der Waals surface area contributed by atoms with Crippen molar-refractivity contribution in [3.63, 3.8) is 0 Å². The van der Waals surface area contributed by atoms with Gasteiger partial charge in [-0.05, 0) is 19.1 Å². The van der Waals surface area contributed by atoms with Crippen LogP contribution in [0.2, 0.25) is 0 Å². The Bertz CT molecular complexity index is 421. The Labute approximate surface area is 112 Å². The molecule has 1 aliphatic rings. The number of rotatable bonds is 4. The number of thioether (sulfide) groups is 1. The summed E-state index contributed by atoms with van der Waals surface area (Å²) in [4.78, 5) is 10.5. The zero-order valence-corrected chi connectivity index (χ0v) is 11.7. The average molecular weight is 268 g/mol. The molecule has 1 fully saturated rings. The monoisotopic (exact) mass is 268 g/mol. The van der Waals surface area contributed by atoms with E-state index in [9.17, 15) is 5.11 Å². The van der Waals surface area contributed by atoms with Gasteiger partial charge in [-0.25, -0.2) is 9.97 Å². The highest BCUT2D eigenvalue weighted by molar-refractivity contribution is 7.98. The largest absolute Gasteiger partial charge is 0.388 e. The SMILES string of the molecule is CSc1nc(N)cc(N(C)CC2(O)CCCC2)n1. The van der Waals surface area contributed by atoms with Gasteiger partial charge in [0.05, 0.1) is 5.60 Å². The Balaban J connectivity index is 2.12. The molecule has 0 atom stereocenters. The predicted octanol–water partition coefficient (Wildman–Crippen LogP) is 1.52. The quantitative estimate of drug-likeness (QED) is 0.637. The van der Waals surface area contributed by atoms with Crippen LogP contribution in [0.1, 0.15) is 25.7 Å². The number of nitrogens with two attached hydrogens (primary N) is 1. The third-order valence-electron chi connectivity index (χ3n) is 3.35. The Morgan fingerprint density at radius 3 is 2.72 bits per heavy atom. The van der Waals surface area contributed by atoms with Crippen LogP contribution in [0.4, 0.5) is 11.6 Å². The average Bonchev–Trinajstić information content (AvgIpc) is 2.74. The highest BCUT2D eigenvalue weighted by Gasteiger charge is 2.32. The molecule has 0 saturated heterocycles. The lowest BCUT2D eigenvalue weighted by Crippen LogP contribution is -2.39. The molecule has 1 aromatic heterocycles. The summed E-state index contributed by atoms with van der Waals surface area (Å²) >= 11 is 1.46. The molecule has 2 rings (SSSR count). The van der Waals surface area contributed by atoms with Gasteiger partial charge in [0.15, 0.2) is 5.16 Å². The Kier molecular flexibility index (Phi) is 3.97. The standard InChI is InChI=1S/C12H20N4OS/c1-16(8-12(17)5-3-4-6-12)10-7-9(13)14-11(15-10)18-2/h7,17H,3-6,8H2,1-2H3,(H2,13,14,15). The van der Waals surface area contributed by atoms with Crippen molar-refractivity contribution in [3.8, 4) is 0 Å². The first-order valence-electron chi connectivity index (χ1n) is 6.14. The van der Waals surface area contributed by atoms with E-state index in [0.717, 1.165) is 31.5 Å². The van der Waals surface area contributed by atoms with Crippen LogP contribution in [-0.2, 0) is 0 Å². The number of nitrogen functional groups attached to an aromatic ring is 1. The molecule has 5 nitrogen and oxygen atoms in total. The second-order valence-corrected chi connectivity index (χ2v) is 5.70. The molecule has 1 heterocycles. The van der Waals surface area contributed by atoms with E-state index in [1.165, 1.54) is 11.8 Å². The van der Waals surface area contributed by atoms with Gasteiger partial charge in [-0.1, -0.05) is 24.6 Å². The van der Waals surface area contributed by atoms with E-state index in [2.05, 4.69) is 9.97 Å². The molecule has 0 spiro atoms. The molecule has 1 aliphatic carbocycles. The lowest BCUT2D eigenvalue weighted by atomic mass is 10.0. The van der Waals surface area contributed by atoms with Crippen molar-refractivity contribution in [1.29, 1.82) is 0 Å². The molecule has 0 radical (unpaired) electrons. The van der Waals surface area contributed by atoms with Gasteiger partial charge >= 0.3 is 0 Å². The third kappa shape index (κ3) is 3.05. The first-order valence-corrected chi connectivity index (χ1v) is 7.37. The van der Waals surface area contributed by atoms with Crippen LogP contribution in [0.15, 0.2) is 11.2 Å². The predicted molar refractivity (Wildman–Crippen MR) is 74.9 cm³/mol. The van der Waals surface area contributed by atoms with Gasteiger partial charge < -0.3 is 15.7 Å². The molecule has 0 amide bonds. The van der Waals surface area contributed by atoms with E-state index < -0.39 is 5.60 Å². The summed E-state index contributed by atoms with van der Waals surface area (Å²) in [5.74, 6) is 1.24. The van der Waals surface area contributed by atoms with Crippen molar-refractivity contribution in [2.24, 2.45) is 0 Å². The molecule has 0 aromatic carbocycles. The smallest absolute Gasteiger partial charge is 0.191 e. The molecule has 0 aliphatic heterocycles. The van der Waals surface area contributed by atoms with Gasteiger partial charge in [-0.3, -0.25) is 0 Å². The highest BCUT2D eigenvalue weighted by Crippen LogP contribution is 2.31. The van der Waals surface area contributed by atoms with Crippen molar-refractivity contribution < 1.29 is 5.11 Å². The summed E-state index contributed by atoms with van der Waals surface area (Å²) in [5, 5.41) is 11.1. The molecule has 6 heteroatoms. The maximum absolute atomic E-state index is 10.4. The summed E-state index contributed by atoms with van der Waals surface area (Å²) in [6.45, 7) is 0.595. The van der Waals surface area contributed by atoms with Gasteiger partial charge in [0.25, 0.3) is 0 Å². The Morgan fingerprint density at radius 2 is 2.11 bits per heavy atom. The first kappa shape index (κ1) is 13.4. The fourth-order valence-corrected chi connectivity index (χ4v) is 2.81. The number of hydrogen-bond donors (Lipinski definition) is 2. The topological polar surface area (TPSA) is 75.3 Å². The number of nitrogens with zero attached hydrogens (tertiary/aromatic N) is 3. The van der Waals surface area contributed by atoms with Gasteiger partial charge in [0.1, 0.15) is 11.6 Å². The molecule has 0 bridgehead atoms. The van der Waals surface area contributed by atoms with Crippen LogP contribution < -0.4 is 10.6 Å². The molecular formula is C12H20N4OS. The third-order valence-corrected chi connectivity index (χ3v) is 3.90. The van der Waals surface area contributed by atoms with Gasteiger partial charge in [-0.15, -0.1) is 0 Å². The highest BCUT2D eigenvalue weighted by atomic mass is 32.2. The fraction of sp³-hybridized carbons (Fsp3) is 0.667. The number of likely N-dealkylation sites (N-methyl/N-ethyl adjacent to an activating group) is 1. The molecule has 18 heavy (non-hydrogen) atoms. The Morgan fingerprint density at radius 1 is 1.44 bits per heavy atom. The summed E-state index contributed by atoms with van der Waals surface area (Å²) < 4.78 is 0. The second kappa shape index (κ2) is 5.32. The van der Waals surface area contributed by atoms with Gasteiger partial charge in [0.2, 0.25) is 0 Å². The zero-order chi connectivity index (χ0) is 13.2. The molecule has 100 valence electrons. The van der Waals surface area contributed by atoms with Crippen molar-refractivity contribution in [2.75, 3.05) is 30.5 Å². The zero-order valence-electron chi connectivity index (χ0n) is 10.9. The van der Waals surface area contributed by atoms with Crippen LogP contribution in [0.5, 0.6) is 0 Å². The van der Waals surface area contributed by atoms with E-state index in [1.54, 1.807) is 6.07 Å². The minimum absolute atomic E-state index is 0.467. The van der Waals surface area contributed by atoms with E-state index in [0.29, 0.717) is 17.5 Å². The fourth-order valence-electron chi connectivity index (χ4n) is 2.43. The second-order valence-electron chi connectivity index (χ2n) is 4.93. The van der Waals surface area contributed by atoms with Crippen molar-refractivity contribution in [1.82, 2.24) is 9.97 Å². The maximum atomic E-state index is 10.4. The molecule has 1 aromatic rings. The normalized spacial score (nSPS) is 17.9. The molecule has 3 N–H and O–H groups in total. The van der Waals surface area contributed by atoms with E-state index in [4.69, 9.17) is 5.73 Å². The maximum Gasteiger partial charge on any atom is 0.191 e. The van der Waals surface area contributed by atoms with Crippen molar-refractivity contribution in [3.05, 3.63) is 6.07 Å². The summed E-state index contributed by atoms with van der Waals surface area (Å²) in [6.07, 6.45) is 5.86. The molecule has 1 saturated carbocycles. The lowest BCUT2D eigenvalue weighted by molar-refractivity contribution is 0.0557. The number of hydrogen-bond acceptors (Lipinski definition) is 6. The van der Waals surface area contributed by atoms with Crippen LogP contribution in [0.25, 0.3) is 0 Å². The summed E-state index contributed by atoms with van der Waals surface area (Å²) in [5.41, 5.74) is 5.18. The molecular weight excluding hydrogens is 248 g/mol. The minimum atomic E-state index is -0.575. The number of anilines is 2. The number of aliphatic hydroxyl groups is 1. The van der Waals surface area contributed by atoms with Crippen molar-refractivity contribution in [2.45, 2.75) is 36.4 Å². The van der Waals surface area contributed by atoms with Crippen LogP contribution in [0, 0.1) is 0 Å². The van der Waals surface area contributed by atoms with Gasteiger partial charge in [-0.2, -0.15) is 0 Å². The van der Waals surface area contributed by atoms with E-state index in [1.807, 2.05) is 18.2 Å². The Hall–Kier alpha value is -1.01. The van der Waals surface area contributed by atoms with Crippen LogP contribution >= 0.6 is 11.8 Å². The minimum Gasteiger partial charge on any atom is -0.388 e. The lowest BCUT2D eigenvalue weighted by Gasteiger charge is -2.29. The van der Waals surface area contributed by atoms with Crippen molar-refractivity contribution >= 4 is 23.4 Å². The molecule has 0 unspecified atom stereocenters. The number of aromatic nitrogens is 2. The van der Waals surface area contributed by atoms with Crippen LogP contribution in [0.3, 0.4) is 0 Å². The van der Waals surface area contributed by atoms with E-state index >= 15 is 0 Å². The summed E-state index contributed by atoms with van der Waals surface area (Å²) in [7, 11) is 1.93. The van der Waals surface area contributed by atoms with Crippen LogP contribution in [-0.4, -0.2) is 40.5 Å². The van der Waals surface area contributed by atoms with Gasteiger partial charge in [0, 0.05) is 19.7 Å². The summed E-state index contributed by atoms with van der Waals surface area (Å²) in [6, 6.07) is 1.75.